The molecule has 1 unspecified atom stereocenters. The number of nitrogens with one attached hydrogen (secondary N) is 1. The Balaban J connectivity index is 4.10. The lowest BCUT2D eigenvalue weighted by Crippen LogP contribution is -2.44. The van der Waals surface area contributed by atoms with E-state index < -0.39 is 25.0 Å². The Morgan fingerprint density at radius 3 is 2.38 bits per heavy atom. The first-order valence-electron chi connectivity index (χ1n) is 3.71. The summed E-state index contributed by atoms with van der Waals surface area (Å²) in [5.74, 6) is -1.46. The second-order valence-electron chi connectivity index (χ2n) is 2.75. The summed E-state index contributed by atoms with van der Waals surface area (Å²) in [5, 5.41) is 10.6. The number of ether oxygens (including phenoxy) is 1. The van der Waals surface area contributed by atoms with E-state index in [9.17, 15) is 14.0 Å². The van der Waals surface area contributed by atoms with Gasteiger partial charge in [-0.3, -0.25) is 0 Å². The molecule has 0 aromatic rings. The Bertz CT molecular complexity index is 195. The maximum absolute atomic E-state index is 11.5. The number of carbonyl (C=O) groups excluding carboxylic acids is 1. The van der Waals surface area contributed by atoms with E-state index >= 15 is 0 Å². The van der Waals surface area contributed by atoms with Crippen LogP contribution in [-0.4, -0.2) is 30.1 Å². The molecule has 0 radical (unpaired) electrons. The van der Waals surface area contributed by atoms with E-state index in [-0.39, 0.29) is 5.92 Å². The van der Waals surface area contributed by atoms with Crippen LogP contribution in [0.3, 0.4) is 0 Å². The maximum Gasteiger partial charge on any atom is 0.410 e. The SMILES string of the molecule is CC(C)C(NC(=O)OCF)C(=O)O. The van der Waals surface area contributed by atoms with E-state index in [1.54, 1.807) is 13.8 Å². The summed E-state index contributed by atoms with van der Waals surface area (Å²) in [5.41, 5.74) is 0. The average Bonchev–Trinajstić information content (AvgIpc) is 1.99. The van der Waals surface area contributed by atoms with Crippen molar-refractivity contribution >= 4 is 12.1 Å². The molecule has 0 rings (SSSR count). The van der Waals surface area contributed by atoms with Crippen molar-refractivity contribution in [2.75, 3.05) is 6.86 Å². The Kier molecular flexibility index (Phi) is 4.79. The van der Waals surface area contributed by atoms with Crippen LogP contribution in [0.1, 0.15) is 13.8 Å². The van der Waals surface area contributed by atoms with E-state index in [1.165, 1.54) is 0 Å². The number of amides is 1. The lowest BCUT2D eigenvalue weighted by atomic mass is 10.1. The molecule has 0 spiro atoms. The lowest BCUT2D eigenvalue weighted by molar-refractivity contribution is -0.140. The van der Waals surface area contributed by atoms with Gasteiger partial charge in [-0.15, -0.1) is 0 Å². The fourth-order valence-electron chi connectivity index (χ4n) is 0.732. The highest BCUT2D eigenvalue weighted by atomic mass is 19.1. The zero-order chi connectivity index (χ0) is 10.4. The molecule has 0 saturated carbocycles. The van der Waals surface area contributed by atoms with Gasteiger partial charge in [0.05, 0.1) is 0 Å². The number of carboxylic acids is 1. The van der Waals surface area contributed by atoms with Crippen molar-refractivity contribution in [2.45, 2.75) is 19.9 Å². The molecular formula is C7H12FNO4. The third-order valence-corrected chi connectivity index (χ3v) is 1.39. The molecule has 1 atom stereocenters. The molecule has 0 aromatic carbocycles. The fourth-order valence-corrected chi connectivity index (χ4v) is 0.732. The molecule has 76 valence electrons. The first kappa shape index (κ1) is 11.7. The molecule has 0 aliphatic rings. The summed E-state index contributed by atoms with van der Waals surface area (Å²) in [6.45, 7) is 1.97. The van der Waals surface area contributed by atoms with E-state index in [4.69, 9.17) is 5.11 Å². The van der Waals surface area contributed by atoms with Gasteiger partial charge in [0.25, 0.3) is 0 Å². The molecule has 13 heavy (non-hydrogen) atoms. The predicted molar refractivity (Wildman–Crippen MR) is 41.9 cm³/mol. The van der Waals surface area contributed by atoms with Crippen LogP contribution < -0.4 is 5.32 Å². The summed E-state index contributed by atoms with van der Waals surface area (Å²) < 4.78 is 15.4. The molecule has 6 heteroatoms. The standard InChI is InChI=1S/C7H12FNO4/c1-4(2)5(6(10)11)9-7(12)13-3-8/h4-5H,3H2,1-2H3,(H,9,12)(H,10,11). The number of alkyl halides is 1. The minimum absolute atomic E-state index is 0.287. The molecule has 1 amide bonds. The Morgan fingerprint density at radius 1 is 1.54 bits per heavy atom. The van der Waals surface area contributed by atoms with Crippen LogP contribution in [0.4, 0.5) is 9.18 Å². The Hall–Kier alpha value is -1.33. The van der Waals surface area contributed by atoms with Crippen molar-refractivity contribution in [1.82, 2.24) is 5.32 Å². The number of alkyl carbamates (subject to hydrolysis) is 1. The topological polar surface area (TPSA) is 75.6 Å². The number of carbonyl (C=O) groups is 2. The van der Waals surface area contributed by atoms with E-state index in [2.05, 4.69) is 4.74 Å². The van der Waals surface area contributed by atoms with Crippen LogP contribution >= 0.6 is 0 Å². The van der Waals surface area contributed by atoms with E-state index in [0.29, 0.717) is 0 Å². The number of rotatable bonds is 4. The minimum atomic E-state index is -1.27. The zero-order valence-corrected chi connectivity index (χ0v) is 7.41. The van der Waals surface area contributed by atoms with Crippen molar-refractivity contribution in [2.24, 2.45) is 5.92 Å². The van der Waals surface area contributed by atoms with Gasteiger partial charge in [0.1, 0.15) is 6.04 Å². The van der Waals surface area contributed by atoms with Crippen LogP contribution in [-0.2, 0) is 9.53 Å². The first-order chi connectivity index (χ1) is 5.99. The molecular weight excluding hydrogens is 181 g/mol. The fraction of sp³-hybridized carbons (Fsp3) is 0.714. The monoisotopic (exact) mass is 193 g/mol. The molecule has 0 saturated heterocycles. The normalized spacial score (nSPS) is 12.3. The lowest BCUT2D eigenvalue weighted by Gasteiger charge is -2.16. The van der Waals surface area contributed by atoms with Gasteiger partial charge in [0, 0.05) is 0 Å². The van der Waals surface area contributed by atoms with E-state index in [0.717, 1.165) is 0 Å². The number of hydrogen-bond acceptors (Lipinski definition) is 3. The van der Waals surface area contributed by atoms with Gasteiger partial charge in [-0.25, -0.2) is 14.0 Å². The molecule has 0 bridgehead atoms. The van der Waals surface area contributed by atoms with Gasteiger partial charge in [-0.1, -0.05) is 13.8 Å². The summed E-state index contributed by atoms with van der Waals surface area (Å²) in [4.78, 5) is 21.1. The van der Waals surface area contributed by atoms with E-state index in [1.807, 2.05) is 5.32 Å². The number of aliphatic carboxylic acids is 1. The highest BCUT2D eigenvalue weighted by molar-refractivity contribution is 5.80. The van der Waals surface area contributed by atoms with Crippen molar-refractivity contribution < 1.29 is 23.8 Å². The van der Waals surface area contributed by atoms with Gasteiger partial charge in [0.15, 0.2) is 0 Å². The third-order valence-electron chi connectivity index (χ3n) is 1.39. The highest BCUT2D eigenvalue weighted by Gasteiger charge is 2.23. The quantitative estimate of drug-likeness (QED) is 0.690. The predicted octanol–water partition coefficient (Wildman–Crippen LogP) is 0.749. The van der Waals surface area contributed by atoms with Crippen LogP contribution in [0.25, 0.3) is 0 Å². The highest BCUT2D eigenvalue weighted by Crippen LogP contribution is 2.01. The molecule has 0 heterocycles. The second kappa shape index (κ2) is 5.34. The van der Waals surface area contributed by atoms with Crippen molar-refractivity contribution in [3.05, 3.63) is 0 Å². The molecule has 0 aliphatic carbocycles. The molecule has 0 fully saturated rings. The third kappa shape index (κ3) is 4.29. The summed E-state index contributed by atoms with van der Waals surface area (Å²) in [6, 6.07) is -1.06. The summed E-state index contributed by atoms with van der Waals surface area (Å²) >= 11 is 0. The zero-order valence-electron chi connectivity index (χ0n) is 7.41. The second-order valence-corrected chi connectivity index (χ2v) is 2.75. The maximum atomic E-state index is 11.5. The average molecular weight is 193 g/mol. The molecule has 5 nitrogen and oxygen atoms in total. The molecule has 2 N–H and O–H groups in total. The Morgan fingerprint density at radius 2 is 2.08 bits per heavy atom. The number of halogens is 1. The van der Waals surface area contributed by atoms with Gasteiger partial charge in [0.2, 0.25) is 6.86 Å². The van der Waals surface area contributed by atoms with Crippen molar-refractivity contribution in [1.29, 1.82) is 0 Å². The smallest absolute Gasteiger partial charge is 0.410 e. The summed E-state index contributed by atoms with van der Waals surface area (Å²) in [7, 11) is 0. The number of hydrogen-bond donors (Lipinski definition) is 2. The summed E-state index contributed by atoms with van der Waals surface area (Å²) in [6.07, 6.45) is -1.07. The Labute approximate surface area is 74.9 Å². The molecule has 0 aromatic heterocycles. The largest absolute Gasteiger partial charge is 0.480 e. The minimum Gasteiger partial charge on any atom is -0.480 e. The van der Waals surface area contributed by atoms with Gasteiger partial charge in [-0.2, -0.15) is 0 Å². The first-order valence-corrected chi connectivity index (χ1v) is 3.71. The van der Waals surface area contributed by atoms with Gasteiger partial charge in [-0.05, 0) is 5.92 Å². The van der Waals surface area contributed by atoms with Crippen molar-refractivity contribution in [3.63, 3.8) is 0 Å². The molecule has 0 aliphatic heterocycles. The van der Waals surface area contributed by atoms with Crippen LogP contribution in [0.5, 0.6) is 0 Å². The van der Waals surface area contributed by atoms with Crippen LogP contribution in [0.2, 0.25) is 0 Å². The van der Waals surface area contributed by atoms with Crippen molar-refractivity contribution in [3.8, 4) is 0 Å². The number of carboxylic acid groups (broad SMARTS) is 1. The van der Waals surface area contributed by atoms with Crippen LogP contribution in [0.15, 0.2) is 0 Å². The van der Waals surface area contributed by atoms with Gasteiger partial charge < -0.3 is 15.2 Å². The van der Waals surface area contributed by atoms with Crippen LogP contribution in [0, 0.1) is 5.92 Å². The van der Waals surface area contributed by atoms with Gasteiger partial charge >= 0.3 is 12.1 Å².